The fourth-order valence-electron chi connectivity index (χ4n) is 8.14. The molecule has 0 spiro atoms. The van der Waals surface area contributed by atoms with Gasteiger partial charge in [-0.1, -0.05) is 58.7 Å². The molecule has 2 nitrogen and oxygen atoms in total. The number of fused-ring (bicyclic) bond motifs is 10. The van der Waals surface area contributed by atoms with Crippen molar-refractivity contribution in [2.75, 3.05) is 0 Å². The highest BCUT2D eigenvalue weighted by Gasteiger charge is 2.35. The van der Waals surface area contributed by atoms with E-state index in [9.17, 15) is 5.26 Å². The predicted octanol–water partition coefficient (Wildman–Crippen LogP) is 9.57. The Bertz CT molecular complexity index is 2200. The third-order valence-corrected chi connectivity index (χ3v) is 9.37. The number of hydrogen-bond donors (Lipinski definition) is 0. The van der Waals surface area contributed by atoms with Crippen LogP contribution in [0.5, 0.6) is 0 Å². The van der Waals surface area contributed by atoms with Gasteiger partial charge in [0, 0.05) is 22.4 Å². The van der Waals surface area contributed by atoms with Gasteiger partial charge in [-0.2, -0.15) is 5.26 Å². The predicted molar refractivity (Wildman–Crippen MR) is 170 cm³/mol. The molecule has 2 bridgehead atoms. The zero-order chi connectivity index (χ0) is 28.3. The first-order valence-corrected chi connectivity index (χ1v) is 14.6. The van der Waals surface area contributed by atoms with Crippen molar-refractivity contribution in [3.63, 3.8) is 0 Å². The molecule has 0 saturated carbocycles. The number of nitriles is 1. The van der Waals surface area contributed by atoms with Crippen molar-refractivity contribution in [3.05, 3.63) is 133 Å². The first-order valence-electron chi connectivity index (χ1n) is 14.6. The minimum absolute atomic E-state index is 0.0928. The molecule has 8 rings (SSSR count). The standard InChI is InChI=1S/C39H32N2/c1-20-7-24(5)35-31(11-20)32-12-22(3)9-27-17-29-10-23(4)14-34-33-13-21(2)8-25(6)38(33)41(39(29)34)30-16-26(19-40)15-28(18-30)37(35)36(27)32/h7-16,18,37H,17H2,1-6H3. The number of rotatable bonds is 0. The molecule has 5 aromatic carbocycles. The van der Waals surface area contributed by atoms with Crippen LogP contribution >= 0.6 is 0 Å². The number of aromatic nitrogens is 1. The van der Waals surface area contributed by atoms with Crippen LogP contribution in [-0.2, 0) is 6.42 Å². The highest BCUT2D eigenvalue weighted by Crippen LogP contribution is 2.53. The van der Waals surface area contributed by atoms with Crippen LogP contribution < -0.4 is 0 Å². The first-order chi connectivity index (χ1) is 19.7. The molecule has 198 valence electrons. The van der Waals surface area contributed by atoms with Gasteiger partial charge in [-0.3, -0.25) is 0 Å². The van der Waals surface area contributed by atoms with Gasteiger partial charge in [0.05, 0.1) is 22.7 Å². The molecule has 1 atom stereocenters. The highest BCUT2D eigenvalue weighted by molar-refractivity contribution is 6.12. The Kier molecular flexibility index (Phi) is 4.85. The van der Waals surface area contributed by atoms with Crippen LogP contribution in [0.15, 0.2) is 66.7 Å². The normalized spacial score (nSPS) is 14.7. The largest absolute Gasteiger partial charge is 0.309 e. The summed E-state index contributed by atoms with van der Waals surface area (Å²) in [6.07, 6.45) is 0.869. The molecular formula is C39H32N2. The van der Waals surface area contributed by atoms with E-state index in [4.69, 9.17) is 0 Å². The Hall–Kier alpha value is -4.61. The molecule has 0 N–H and O–H groups in total. The Labute approximate surface area is 241 Å². The zero-order valence-electron chi connectivity index (χ0n) is 24.5. The topological polar surface area (TPSA) is 28.7 Å². The summed E-state index contributed by atoms with van der Waals surface area (Å²) < 4.78 is 2.46. The lowest BCUT2D eigenvalue weighted by atomic mass is 9.82. The smallest absolute Gasteiger partial charge is 0.0992 e. The van der Waals surface area contributed by atoms with Crippen molar-refractivity contribution in [2.24, 2.45) is 0 Å². The first kappa shape index (κ1) is 24.2. The van der Waals surface area contributed by atoms with Crippen LogP contribution in [0.1, 0.15) is 72.7 Å². The van der Waals surface area contributed by atoms with Crippen molar-refractivity contribution < 1.29 is 0 Å². The zero-order valence-corrected chi connectivity index (χ0v) is 24.5. The minimum atomic E-state index is 0.0928. The molecule has 2 heterocycles. The molecule has 0 amide bonds. The summed E-state index contributed by atoms with van der Waals surface area (Å²) in [6, 6.07) is 27.9. The molecule has 1 aliphatic heterocycles. The maximum absolute atomic E-state index is 10.3. The average molecular weight is 529 g/mol. The van der Waals surface area contributed by atoms with Crippen LogP contribution in [-0.4, -0.2) is 4.57 Å². The number of nitrogens with zero attached hydrogens (tertiary/aromatic N) is 2. The van der Waals surface area contributed by atoms with E-state index in [-0.39, 0.29) is 5.92 Å². The van der Waals surface area contributed by atoms with E-state index in [0.717, 1.165) is 12.1 Å². The minimum Gasteiger partial charge on any atom is -0.309 e. The van der Waals surface area contributed by atoms with Crippen molar-refractivity contribution in [3.8, 4) is 22.9 Å². The Morgan fingerprint density at radius 3 is 1.98 bits per heavy atom. The molecule has 2 aliphatic rings. The summed E-state index contributed by atoms with van der Waals surface area (Å²) >= 11 is 0. The summed E-state index contributed by atoms with van der Waals surface area (Å²) in [5.74, 6) is 0.0928. The molecule has 0 saturated heterocycles. The highest BCUT2D eigenvalue weighted by atomic mass is 15.0. The molecule has 6 aromatic rings. The lowest BCUT2D eigenvalue weighted by Crippen LogP contribution is -2.10. The van der Waals surface area contributed by atoms with Crippen LogP contribution in [0.3, 0.4) is 0 Å². The lowest BCUT2D eigenvalue weighted by molar-refractivity contribution is 0.954. The summed E-state index contributed by atoms with van der Waals surface area (Å²) in [5, 5.41) is 12.9. The van der Waals surface area contributed by atoms with E-state index >= 15 is 0 Å². The van der Waals surface area contributed by atoms with E-state index in [0.29, 0.717) is 5.56 Å². The summed E-state index contributed by atoms with van der Waals surface area (Å²) in [5.41, 5.74) is 21.4. The monoisotopic (exact) mass is 528 g/mol. The molecule has 1 aromatic heterocycles. The second-order valence-electron chi connectivity index (χ2n) is 12.6. The maximum Gasteiger partial charge on any atom is 0.0992 e. The van der Waals surface area contributed by atoms with Crippen LogP contribution in [0.25, 0.3) is 38.6 Å². The van der Waals surface area contributed by atoms with Gasteiger partial charge in [-0.25, -0.2) is 0 Å². The van der Waals surface area contributed by atoms with E-state index in [1.54, 1.807) is 0 Å². The van der Waals surface area contributed by atoms with Gasteiger partial charge in [-0.05, 0) is 128 Å². The van der Waals surface area contributed by atoms with Gasteiger partial charge < -0.3 is 4.57 Å². The van der Waals surface area contributed by atoms with Crippen LogP contribution in [0.4, 0.5) is 0 Å². The van der Waals surface area contributed by atoms with E-state index in [1.165, 1.54) is 94.1 Å². The summed E-state index contributed by atoms with van der Waals surface area (Å²) in [6.45, 7) is 13.3. The molecule has 2 heteroatoms. The quantitative estimate of drug-likeness (QED) is 0.193. The van der Waals surface area contributed by atoms with Crippen molar-refractivity contribution >= 4 is 21.8 Å². The molecule has 41 heavy (non-hydrogen) atoms. The van der Waals surface area contributed by atoms with Gasteiger partial charge in [0.15, 0.2) is 0 Å². The van der Waals surface area contributed by atoms with E-state index < -0.39 is 0 Å². The van der Waals surface area contributed by atoms with E-state index in [2.05, 4.69) is 119 Å². The maximum atomic E-state index is 10.3. The van der Waals surface area contributed by atoms with Gasteiger partial charge in [0.1, 0.15) is 0 Å². The molecular weight excluding hydrogens is 496 g/mol. The molecule has 1 aliphatic carbocycles. The van der Waals surface area contributed by atoms with Gasteiger partial charge in [-0.15, -0.1) is 0 Å². The van der Waals surface area contributed by atoms with Crippen LogP contribution in [0.2, 0.25) is 0 Å². The van der Waals surface area contributed by atoms with Gasteiger partial charge in [0.25, 0.3) is 0 Å². The lowest BCUT2D eigenvalue weighted by Gasteiger charge is -2.24. The van der Waals surface area contributed by atoms with Crippen molar-refractivity contribution in [1.82, 2.24) is 4.57 Å². The molecule has 0 radical (unpaired) electrons. The number of benzene rings is 5. The van der Waals surface area contributed by atoms with Crippen LogP contribution in [0, 0.1) is 52.9 Å². The fraction of sp³-hybridized carbons (Fsp3) is 0.205. The number of hydrogen-bond acceptors (Lipinski definition) is 1. The second kappa shape index (κ2) is 8.21. The third kappa shape index (κ3) is 3.30. The molecule has 0 fully saturated rings. The Morgan fingerprint density at radius 2 is 1.22 bits per heavy atom. The summed E-state index contributed by atoms with van der Waals surface area (Å²) in [7, 11) is 0. The van der Waals surface area contributed by atoms with Gasteiger partial charge in [0.2, 0.25) is 0 Å². The van der Waals surface area contributed by atoms with E-state index in [1.807, 2.05) is 0 Å². The average Bonchev–Trinajstić information content (AvgIpc) is 3.41. The second-order valence-corrected chi connectivity index (χ2v) is 12.6. The molecule has 1 unspecified atom stereocenters. The SMILES string of the molecule is Cc1cc(C)c2c(c1)-c1cc(C)cc3c1C2c1cc(C#N)cc(c1)-n1c2c(C)cc(C)cc2c2cc(C)cc(c21)C3. The fourth-order valence-corrected chi connectivity index (χ4v) is 8.14. The van der Waals surface area contributed by atoms with Crippen molar-refractivity contribution in [2.45, 2.75) is 53.9 Å². The van der Waals surface area contributed by atoms with Gasteiger partial charge >= 0.3 is 0 Å². The Balaban J connectivity index is 1.61. The van der Waals surface area contributed by atoms with Crippen molar-refractivity contribution in [1.29, 1.82) is 5.26 Å². The number of aryl methyl sites for hydroxylation is 6. The Morgan fingerprint density at radius 1 is 0.610 bits per heavy atom. The summed E-state index contributed by atoms with van der Waals surface area (Å²) in [4.78, 5) is 0. The third-order valence-electron chi connectivity index (χ3n) is 9.37.